The number of aliphatic hydroxyl groups excluding tert-OH is 1. The summed E-state index contributed by atoms with van der Waals surface area (Å²) in [6, 6.07) is 7.65. The Morgan fingerprint density at radius 3 is 2.84 bits per heavy atom. The average molecular weight is 339 g/mol. The highest BCUT2D eigenvalue weighted by molar-refractivity contribution is 5.85. The summed E-state index contributed by atoms with van der Waals surface area (Å²) in [6.07, 6.45) is 4.01. The number of ether oxygens (including phenoxy) is 1. The van der Waals surface area contributed by atoms with E-state index in [-0.39, 0.29) is 12.7 Å². The molecule has 1 fully saturated rings. The Morgan fingerprint density at radius 2 is 2.12 bits per heavy atom. The number of rotatable bonds is 5. The Labute approximate surface area is 145 Å². The van der Waals surface area contributed by atoms with Crippen molar-refractivity contribution in [1.29, 1.82) is 0 Å². The van der Waals surface area contributed by atoms with Gasteiger partial charge in [0.05, 0.1) is 12.7 Å². The predicted molar refractivity (Wildman–Crippen MR) is 95.3 cm³/mol. The lowest BCUT2D eigenvalue weighted by Crippen LogP contribution is -2.29. The van der Waals surface area contributed by atoms with Gasteiger partial charge in [-0.1, -0.05) is 24.3 Å². The second kappa shape index (κ2) is 6.78. The molecule has 0 saturated carbocycles. The van der Waals surface area contributed by atoms with Gasteiger partial charge in [0.25, 0.3) is 0 Å². The predicted octanol–water partition coefficient (Wildman–Crippen LogP) is 2.13. The molecule has 4 rings (SSSR count). The molecule has 0 aliphatic carbocycles. The van der Waals surface area contributed by atoms with Gasteiger partial charge in [0.15, 0.2) is 11.5 Å². The third-order valence-electron chi connectivity index (χ3n) is 4.54. The maximum absolute atomic E-state index is 9.17. The van der Waals surface area contributed by atoms with E-state index in [1.54, 1.807) is 6.33 Å². The third-order valence-corrected chi connectivity index (χ3v) is 4.54. The van der Waals surface area contributed by atoms with Crippen molar-refractivity contribution in [3.63, 3.8) is 0 Å². The number of hydrogen-bond acceptors (Lipinski definition) is 6. The number of anilines is 1. The second-order valence-electron chi connectivity index (χ2n) is 6.35. The van der Waals surface area contributed by atoms with E-state index >= 15 is 0 Å². The summed E-state index contributed by atoms with van der Waals surface area (Å²) in [4.78, 5) is 18.7. The molecule has 2 aromatic heterocycles. The van der Waals surface area contributed by atoms with E-state index in [1.807, 2.05) is 31.3 Å². The van der Waals surface area contributed by atoms with Crippen molar-refractivity contribution in [2.75, 3.05) is 25.1 Å². The molecule has 130 valence electrons. The molecule has 3 heterocycles. The number of likely N-dealkylation sites (N-methyl/N-ethyl adjacent to an activating group) is 1. The number of H-pyrrole nitrogens is 1. The summed E-state index contributed by atoms with van der Waals surface area (Å²) in [6.45, 7) is 1.67. The Kier molecular flexibility index (Phi) is 4.33. The molecule has 2 N–H and O–H groups in total. The molecular weight excluding hydrogens is 318 g/mol. The van der Waals surface area contributed by atoms with E-state index in [0.717, 1.165) is 54.3 Å². The van der Waals surface area contributed by atoms with Crippen molar-refractivity contribution < 1.29 is 9.84 Å². The number of nitrogens with zero attached hydrogens (tertiary/aromatic N) is 4. The summed E-state index contributed by atoms with van der Waals surface area (Å²) in [5, 5.41) is 9.17. The summed E-state index contributed by atoms with van der Waals surface area (Å²) in [7, 11) is 2.01. The largest absolute Gasteiger partial charge is 0.392 e. The van der Waals surface area contributed by atoms with Gasteiger partial charge in [0.2, 0.25) is 0 Å². The molecule has 1 saturated heterocycles. The van der Waals surface area contributed by atoms with E-state index in [9.17, 15) is 5.11 Å². The zero-order valence-corrected chi connectivity index (χ0v) is 14.1. The van der Waals surface area contributed by atoms with Crippen molar-refractivity contribution in [2.24, 2.45) is 0 Å². The standard InChI is InChI=1S/C18H21N5O2/c1-23(9-14-3-2-8-25-14)18-15-17(19-11-20-18)22-16(21-15)13-6-4-12(10-24)5-7-13/h4-7,11,14,24H,2-3,8-10H2,1H3,(H,19,20,21,22). The highest BCUT2D eigenvalue weighted by atomic mass is 16.5. The van der Waals surface area contributed by atoms with Crippen molar-refractivity contribution in [2.45, 2.75) is 25.6 Å². The molecule has 1 aliphatic rings. The van der Waals surface area contributed by atoms with Crippen LogP contribution >= 0.6 is 0 Å². The van der Waals surface area contributed by atoms with E-state index in [2.05, 4.69) is 24.8 Å². The molecule has 7 heteroatoms. The number of imidazole rings is 1. The van der Waals surface area contributed by atoms with Gasteiger partial charge >= 0.3 is 0 Å². The van der Waals surface area contributed by atoms with E-state index in [1.165, 1.54) is 0 Å². The number of fused-ring (bicyclic) bond motifs is 1. The summed E-state index contributed by atoms with van der Waals surface area (Å²) in [5.74, 6) is 1.57. The SMILES string of the molecule is CN(CC1CCCO1)c1ncnc2nc(-c3ccc(CO)cc3)[nH]c12. The average Bonchev–Trinajstić information content (AvgIpc) is 3.30. The smallest absolute Gasteiger partial charge is 0.183 e. The van der Waals surface area contributed by atoms with Crippen LogP contribution in [0.1, 0.15) is 18.4 Å². The molecular formula is C18H21N5O2. The molecule has 1 unspecified atom stereocenters. The van der Waals surface area contributed by atoms with Crippen LogP contribution in [0.4, 0.5) is 5.82 Å². The van der Waals surface area contributed by atoms with Crippen molar-refractivity contribution in [3.8, 4) is 11.4 Å². The van der Waals surface area contributed by atoms with Crippen molar-refractivity contribution in [1.82, 2.24) is 19.9 Å². The van der Waals surface area contributed by atoms with Gasteiger partial charge in [-0.25, -0.2) is 15.0 Å². The number of benzene rings is 1. The highest BCUT2D eigenvalue weighted by Gasteiger charge is 2.20. The van der Waals surface area contributed by atoms with E-state index in [0.29, 0.717) is 5.65 Å². The van der Waals surface area contributed by atoms with Gasteiger partial charge in [0, 0.05) is 25.8 Å². The molecule has 0 radical (unpaired) electrons. The molecule has 3 aromatic rings. The quantitative estimate of drug-likeness (QED) is 0.740. The van der Waals surface area contributed by atoms with Crippen LogP contribution < -0.4 is 4.90 Å². The zero-order valence-electron chi connectivity index (χ0n) is 14.1. The number of aromatic amines is 1. The first-order valence-corrected chi connectivity index (χ1v) is 8.48. The highest BCUT2D eigenvalue weighted by Crippen LogP contribution is 2.26. The van der Waals surface area contributed by atoms with E-state index < -0.39 is 0 Å². The molecule has 0 amide bonds. The van der Waals surface area contributed by atoms with Crippen LogP contribution in [0.5, 0.6) is 0 Å². The van der Waals surface area contributed by atoms with Crippen LogP contribution in [-0.2, 0) is 11.3 Å². The Hall–Kier alpha value is -2.51. The molecule has 1 atom stereocenters. The lowest BCUT2D eigenvalue weighted by Gasteiger charge is -2.21. The van der Waals surface area contributed by atoms with Crippen LogP contribution in [0.15, 0.2) is 30.6 Å². The summed E-state index contributed by atoms with van der Waals surface area (Å²) < 4.78 is 5.72. The fraction of sp³-hybridized carbons (Fsp3) is 0.389. The van der Waals surface area contributed by atoms with Crippen LogP contribution in [0.2, 0.25) is 0 Å². The first-order chi connectivity index (χ1) is 12.2. The van der Waals surface area contributed by atoms with Crippen molar-refractivity contribution >= 4 is 17.0 Å². The number of nitrogens with one attached hydrogen (secondary N) is 1. The minimum atomic E-state index is 0.0318. The Bertz CT molecular complexity index is 856. The first-order valence-electron chi connectivity index (χ1n) is 8.48. The first kappa shape index (κ1) is 16.0. The summed E-state index contributed by atoms with van der Waals surface area (Å²) in [5.41, 5.74) is 3.29. The van der Waals surface area contributed by atoms with Gasteiger partial charge in [0.1, 0.15) is 17.7 Å². The lowest BCUT2D eigenvalue weighted by molar-refractivity contribution is 0.116. The topological polar surface area (TPSA) is 87.2 Å². The van der Waals surface area contributed by atoms with Crippen LogP contribution in [0.25, 0.3) is 22.6 Å². The number of aliphatic hydroxyl groups is 1. The third kappa shape index (κ3) is 3.20. The Balaban J connectivity index is 1.65. The monoisotopic (exact) mass is 339 g/mol. The maximum atomic E-state index is 9.17. The van der Waals surface area contributed by atoms with E-state index in [4.69, 9.17) is 4.74 Å². The van der Waals surface area contributed by atoms with Gasteiger partial charge in [-0.05, 0) is 18.4 Å². The van der Waals surface area contributed by atoms with Gasteiger partial charge in [-0.2, -0.15) is 0 Å². The van der Waals surface area contributed by atoms with Crippen LogP contribution in [0, 0.1) is 0 Å². The fourth-order valence-corrected chi connectivity index (χ4v) is 3.19. The molecule has 1 aliphatic heterocycles. The minimum Gasteiger partial charge on any atom is -0.392 e. The van der Waals surface area contributed by atoms with Gasteiger partial charge < -0.3 is 19.7 Å². The molecule has 0 spiro atoms. The zero-order chi connectivity index (χ0) is 17.2. The van der Waals surface area contributed by atoms with Gasteiger partial charge in [-0.15, -0.1) is 0 Å². The minimum absolute atomic E-state index is 0.0318. The molecule has 7 nitrogen and oxygen atoms in total. The van der Waals surface area contributed by atoms with Crippen LogP contribution in [-0.4, -0.2) is 51.3 Å². The molecule has 25 heavy (non-hydrogen) atoms. The second-order valence-corrected chi connectivity index (χ2v) is 6.35. The molecule has 1 aromatic carbocycles. The van der Waals surface area contributed by atoms with Crippen molar-refractivity contribution in [3.05, 3.63) is 36.2 Å². The number of aromatic nitrogens is 4. The normalized spacial score (nSPS) is 17.3. The fourth-order valence-electron chi connectivity index (χ4n) is 3.19. The Morgan fingerprint density at radius 1 is 1.28 bits per heavy atom. The maximum Gasteiger partial charge on any atom is 0.183 e. The lowest BCUT2D eigenvalue weighted by atomic mass is 10.1. The molecule has 0 bridgehead atoms. The number of hydrogen-bond donors (Lipinski definition) is 2. The summed E-state index contributed by atoms with van der Waals surface area (Å²) >= 11 is 0. The van der Waals surface area contributed by atoms with Crippen LogP contribution in [0.3, 0.4) is 0 Å². The van der Waals surface area contributed by atoms with Gasteiger partial charge in [-0.3, -0.25) is 0 Å².